The molecular formula is C36H17NO3. The van der Waals surface area contributed by atoms with Crippen LogP contribution in [-0.2, 0) is 0 Å². The lowest BCUT2D eigenvalue weighted by molar-refractivity contribution is 0.669. The van der Waals surface area contributed by atoms with Crippen LogP contribution in [0.3, 0.4) is 0 Å². The third kappa shape index (κ3) is 2.05. The van der Waals surface area contributed by atoms with Gasteiger partial charge in [-0.05, 0) is 48.5 Å². The maximum absolute atomic E-state index is 6.62. The van der Waals surface area contributed by atoms with Crippen LogP contribution >= 0.6 is 0 Å². The van der Waals surface area contributed by atoms with E-state index in [2.05, 4.69) is 71.1 Å². The van der Waals surface area contributed by atoms with Crippen LogP contribution in [0.5, 0.6) is 0 Å². The van der Waals surface area contributed by atoms with Crippen LogP contribution < -0.4 is 0 Å². The van der Waals surface area contributed by atoms with E-state index in [1.807, 2.05) is 36.4 Å². The van der Waals surface area contributed by atoms with E-state index in [0.29, 0.717) is 0 Å². The van der Waals surface area contributed by atoms with Gasteiger partial charge in [0.1, 0.15) is 33.5 Å². The van der Waals surface area contributed by atoms with E-state index in [-0.39, 0.29) is 0 Å². The molecule has 0 atom stereocenters. The van der Waals surface area contributed by atoms with Gasteiger partial charge in [0.2, 0.25) is 0 Å². The number of nitrogens with zero attached hydrogens (tertiary/aromatic N) is 1. The molecule has 0 bridgehead atoms. The largest absolute Gasteiger partial charge is 0.456 e. The number of aromatic nitrogens is 1. The summed E-state index contributed by atoms with van der Waals surface area (Å²) in [6.45, 7) is 0. The van der Waals surface area contributed by atoms with Crippen LogP contribution in [0.2, 0.25) is 0 Å². The normalized spacial score (nSPS) is 13.0. The van der Waals surface area contributed by atoms with Gasteiger partial charge in [-0.15, -0.1) is 0 Å². The van der Waals surface area contributed by atoms with E-state index in [1.54, 1.807) is 0 Å². The van der Waals surface area contributed by atoms with E-state index in [4.69, 9.17) is 13.3 Å². The lowest BCUT2D eigenvalue weighted by Crippen LogP contribution is -1.80. The van der Waals surface area contributed by atoms with Crippen molar-refractivity contribution in [1.82, 2.24) is 4.40 Å². The van der Waals surface area contributed by atoms with Crippen molar-refractivity contribution in [2.75, 3.05) is 0 Å². The number of benzene rings is 6. The van der Waals surface area contributed by atoms with Crippen molar-refractivity contribution in [3.63, 3.8) is 0 Å². The number of rotatable bonds is 0. The molecule has 0 fully saturated rings. The molecule has 0 amide bonds. The molecule has 0 aliphatic heterocycles. The zero-order valence-electron chi connectivity index (χ0n) is 21.0. The molecule has 5 heterocycles. The van der Waals surface area contributed by atoms with Crippen LogP contribution in [0.15, 0.2) is 116 Å². The monoisotopic (exact) mass is 511 g/mol. The molecule has 11 aromatic rings. The minimum atomic E-state index is 0.872. The summed E-state index contributed by atoms with van der Waals surface area (Å²) in [4.78, 5) is 0. The highest BCUT2D eigenvalue weighted by molar-refractivity contribution is 6.40. The number of furan rings is 3. The first-order valence-corrected chi connectivity index (χ1v) is 13.5. The molecular weight excluding hydrogens is 494 g/mol. The fourth-order valence-corrected chi connectivity index (χ4v) is 7.34. The molecule has 40 heavy (non-hydrogen) atoms. The summed E-state index contributed by atoms with van der Waals surface area (Å²) >= 11 is 0. The Morgan fingerprint density at radius 1 is 0.375 bits per heavy atom. The molecule has 5 aromatic heterocycles. The lowest BCUT2D eigenvalue weighted by Gasteiger charge is -2.00. The highest BCUT2D eigenvalue weighted by atomic mass is 16.3. The lowest BCUT2D eigenvalue weighted by atomic mass is 10.00. The maximum Gasteiger partial charge on any atom is 0.145 e. The van der Waals surface area contributed by atoms with E-state index in [0.717, 1.165) is 98.4 Å². The minimum absolute atomic E-state index is 0.872. The maximum atomic E-state index is 6.62. The van der Waals surface area contributed by atoms with Crippen molar-refractivity contribution in [2.45, 2.75) is 0 Å². The summed E-state index contributed by atoms with van der Waals surface area (Å²) in [5.41, 5.74) is 8.80. The Kier molecular flexibility index (Phi) is 3.12. The van der Waals surface area contributed by atoms with Gasteiger partial charge < -0.3 is 17.7 Å². The molecule has 11 rings (SSSR count). The Morgan fingerprint density at radius 2 is 0.925 bits per heavy atom. The average Bonchev–Trinajstić information content (AvgIpc) is 3.78. The van der Waals surface area contributed by atoms with Crippen molar-refractivity contribution in [1.29, 1.82) is 0 Å². The van der Waals surface area contributed by atoms with E-state index in [1.165, 1.54) is 5.52 Å². The average molecular weight is 512 g/mol. The molecule has 0 saturated heterocycles. The van der Waals surface area contributed by atoms with Crippen LogP contribution in [0.4, 0.5) is 0 Å². The topological polar surface area (TPSA) is 43.8 Å². The Labute approximate surface area is 224 Å². The molecule has 0 aliphatic rings. The molecule has 4 heteroatoms. The number of hydrogen-bond donors (Lipinski definition) is 0. The number of para-hydroxylation sites is 3. The Morgan fingerprint density at radius 3 is 1.60 bits per heavy atom. The van der Waals surface area contributed by atoms with Gasteiger partial charge in [0.25, 0.3) is 0 Å². The van der Waals surface area contributed by atoms with E-state index in [9.17, 15) is 0 Å². The molecule has 0 spiro atoms. The van der Waals surface area contributed by atoms with Crippen molar-refractivity contribution >= 4 is 104 Å². The summed E-state index contributed by atoms with van der Waals surface area (Å²) in [6, 6.07) is 36.0. The molecule has 184 valence electrons. The van der Waals surface area contributed by atoms with Crippen LogP contribution in [0.1, 0.15) is 0 Å². The van der Waals surface area contributed by atoms with Crippen molar-refractivity contribution in [2.24, 2.45) is 0 Å². The second-order valence-electron chi connectivity index (χ2n) is 10.8. The molecule has 0 radical (unpaired) electrons. The van der Waals surface area contributed by atoms with Gasteiger partial charge in [-0.1, -0.05) is 54.6 Å². The summed E-state index contributed by atoms with van der Waals surface area (Å²) in [6.07, 6.45) is 0. The first-order chi connectivity index (χ1) is 19.8. The Hall–Kier alpha value is -5.48. The molecule has 0 N–H and O–H groups in total. The molecule has 6 aromatic carbocycles. The molecule has 0 aliphatic carbocycles. The second kappa shape index (κ2) is 6.38. The fourth-order valence-electron chi connectivity index (χ4n) is 7.34. The predicted molar refractivity (Wildman–Crippen MR) is 163 cm³/mol. The van der Waals surface area contributed by atoms with Gasteiger partial charge in [0, 0.05) is 43.1 Å². The fraction of sp³-hybridized carbons (Fsp3) is 0. The zero-order valence-corrected chi connectivity index (χ0v) is 21.0. The minimum Gasteiger partial charge on any atom is -0.456 e. The van der Waals surface area contributed by atoms with Gasteiger partial charge in [-0.2, -0.15) is 0 Å². The zero-order chi connectivity index (χ0) is 25.7. The SMILES string of the molecule is c1ccc2c(c1)oc1c2ccc2c1c1cc3oc4ccccc4c3c3c4c5oc6ccccc6c5ccc4n2c13. The van der Waals surface area contributed by atoms with Gasteiger partial charge >= 0.3 is 0 Å². The molecule has 4 nitrogen and oxygen atoms in total. The smallest absolute Gasteiger partial charge is 0.145 e. The second-order valence-corrected chi connectivity index (χ2v) is 10.8. The highest BCUT2D eigenvalue weighted by Crippen LogP contribution is 2.50. The highest BCUT2D eigenvalue weighted by Gasteiger charge is 2.27. The van der Waals surface area contributed by atoms with Gasteiger partial charge in [0.15, 0.2) is 0 Å². The summed E-state index contributed by atoms with van der Waals surface area (Å²) in [5.74, 6) is 0. The van der Waals surface area contributed by atoms with Gasteiger partial charge in [-0.3, -0.25) is 0 Å². The predicted octanol–water partition coefficient (Wildman–Crippen LogP) is 10.5. The number of hydrogen-bond acceptors (Lipinski definition) is 3. The first kappa shape index (κ1) is 19.6. The van der Waals surface area contributed by atoms with Crippen LogP contribution in [-0.4, -0.2) is 4.40 Å². The quantitative estimate of drug-likeness (QED) is 0.203. The van der Waals surface area contributed by atoms with Crippen LogP contribution in [0, 0.1) is 0 Å². The van der Waals surface area contributed by atoms with Crippen molar-refractivity contribution < 1.29 is 13.3 Å². The third-order valence-electron chi connectivity index (χ3n) is 8.91. The number of fused-ring (bicyclic) bond motifs is 18. The van der Waals surface area contributed by atoms with Gasteiger partial charge in [0.05, 0.1) is 27.3 Å². The molecule has 0 saturated carbocycles. The third-order valence-corrected chi connectivity index (χ3v) is 8.91. The first-order valence-electron chi connectivity index (χ1n) is 13.5. The molecule has 0 unspecified atom stereocenters. The van der Waals surface area contributed by atoms with Crippen molar-refractivity contribution in [3.05, 3.63) is 103 Å². The van der Waals surface area contributed by atoms with Crippen LogP contribution in [0.25, 0.3) is 104 Å². The van der Waals surface area contributed by atoms with E-state index < -0.39 is 0 Å². The summed E-state index contributed by atoms with van der Waals surface area (Å²) in [7, 11) is 0. The Bertz CT molecular complexity index is 2870. The van der Waals surface area contributed by atoms with Crippen molar-refractivity contribution in [3.8, 4) is 0 Å². The van der Waals surface area contributed by atoms with E-state index >= 15 is 0 Å². The summed E-state index contributed by atoms with van der Waals surface area (Å²) in [5, 5.41) is 11.3. The Balaban J connectivity index is 1.50. The summed E-state index contributed by atoms with van der Waals surface area (Å²) < 4.78 is 22.1. The standard InChI is InChI=1S/C36H17NO3/c1-4-10-26-18(7-1)20-13-15-24-30(35(20)39-26)23-17-29-31(22-9-3-6-12-28(22)38-29)33-32-25(37(24)34(23)33)16-14-21-19-8-2-5-11-27(19)40-36(21)32/h1-17H. The van der Waals surface area contributed by atoms with Gasteiger partial charge in [-0.25, -0.2) is 0 Å².